The van der Waals surface area contributed by atoms with Gasteiger partial charge in [0.05, 0.1) is 0 Å². The summed E-state index contributed by atoms with van der Waals surface area (Å²) in [7, 11) is 0. The number of anilines is 1. The fourth-order valence-electron chi connectivity index (χ4n) is 4.99. The smallest absolute Gasteiger partial charge is 0.408 e. The standard InChI is InChI=1S/C34H45N3O4/c1-10-23(5)29(36-33(40)41-34(7,8)9)32(39)37(21(2)3)30(28-18-15-22(4)19-24(28)6)31(38)35-27-17-16-25-13-11-12-14-26(25)20-27/h11-21,23,29-30H,10H2,1-9H3,(H,35,38)(H,36,40). The average Bonchev–Trinajstić information content (AvgIpc) is 2.88. The molecule has 0 aliphatic heterocycles. The van der Waals surface area contributed by atoms with E-state index in [1.54, 1.807) is 25.7 Å². The number of aryl methyl sites for hydroxylation is 2. The molecule has 3 rings (SSSR count). The number of carbonyl (C=O) groups is 3. The van der Waals surface area contributed by atoms with E-state index in [-0.39, 0.29) is 23.8 Å². The molecule has 0 saturated heterocycles. The summed E-state index contributed by atoms with van der Waals surface area (Å²) < 4.78 is 5.49. The lowest BCUT2D eigenvalue weighted by Gasteiger charge is -2.39. The Kier molecular flexibility index (Phi) is 10.2. The largest absolute Gasteiger partial charge is 0.444 e. The zero-order valence-electron chi connectivity index (χ0n) is 25.9. The second-order valence-corrected chi connectivity index (χ2v) is 12.2. The summed E-state index contributed by atoms with van der Waals surface area (Å²) >= 11 is 0. The molecule has 7 nitrogen and oxygen atoms in total. The van der Waals surface area contributed by atoms with Crippen molar-refractivity contribution in [3.8, 4) is 0 Å². The molecule has 41 heavy (non-hydrogen) atoms. The van der Waals surface area contributed by atoms with Crippen molar-refractivity contribution in [2.24, 2.45) is 5.92 Å². The molecule has 0 spiro atoms. The van der Waals surface area contributed by atoms with Crippen LogP contribution in [-0.4, -0.2) is 40.5 Å². The number of hydrogen-bond donors (Lipinski definition) is 2. The van der Waals surface area contributed by atoms with Crippen LogP contribution >= 0.6 is 0 Å². The van der Waals surface area contributed by atoms with Gasteiger partial charge in [-0.25, -0.2) is 4.79 Å². The van der Waals surface area contributed by atoms with E-state index in [9.17, 15) is 14.4 Å². The topological polar surface area (TPSA) is 87.7 Å². The number of ether oxygens (including phenoxy) is 1. The van der Waals surface area contributed by atoms with Crippen molar-refractivity contribution in [1.82, 2.24) is 10.2 Å². The third kappa shape index (κ3) is 8.09. The molecule has 0 aliphatic carbocycles. The van der Waals surface area contributed by atoms with E-state index in [1.807, 2.05) is 102 Å². The molecule has 0 aliphatic rings. The number of fused-ring (bicyclic) bond motifs is 1. The SMILES string of the molecule is CCC(C)C(NC(=O)OC(C)(C)C)C(=O)N(C(C)C)C(C(=O)Nc1ccc2ccccc2c1)c1ccc(C)cc1C. The van der Waals surface area contributed by atoms with Crippen LogP contribution in [0.4, 0.5) is 10.5 Å². The predicted octanol–water partition coefficient (Wildman–Crippen LogP) is 7.31. The monoisotopic (exact) mass is 559 g/mol. The van der Waals surface area contributed by atoms with Crippen molar-refractivity contribution in [3.63, 3.8) is 0 Å². The van der Waals surface area contributed by atoms with Gasteiger partial charge in [0.15, 0.2) is 0 Å². The number of benzene rings is 3. The highest BCUT2D eigenvalue weighted by atomic mass is 16.6. The molecular weight excluding hydrogens is 514 g/mol. The van der Waals surface area contributed by atoms with Gasteiger partial charge in [-0.2, -0.15) is 0 Å². The van der Waals surface area contributed by atoms with Crippen LogP contribution in [0.3, 0.4) is 0 Å². The van der Waals surface area contributed by atoms with E-state index in [0.29, 0.717) is 12.1 Å². The Morgan fingerprint density at radius 3 is 2.15 bits per heavy atom. The molecule has 3 aromatic rings. The number of rotatable bonds is 9. The maximum Gasteiger partial charge on any atom is 0.408 e. The third-order valence-corrected chi connectivity index (χ3v) is 7.23. The van der Waals surface area contributed by atoms with Crippen LogP contribution in [0.15, 0.2) is 60.7 Å². The van der Waals surface area contributed by atoms with Crippen molar-refractivity contribution in [1.29, 1.82) is 0 Å². The normalized spacial score (nSPS) is 13.8. The van der Waals surface area contributed by atoms with E-state index < -0.39 is 23.8 Å². The number of nitrogens with one attached hydrogen (secondary N) is 2. The predicted molar refractivity (Wildman–Crippen MR) is 166 cm³/mol. The molecule has 0 fully saturated rings. The van der Waals surface area contributed by atoms with Gasteiger partial charge in [-0.3, -0.25) is 9.59 Å². The molecule has 0 saturated carbocycles. The van der Waals surface area contributed by atoms with E-state index >= 15 is 0 Å². The van der Waals surface area contributed by atoms with Crippen molar-refractivity contribution in [2.45, 2.75) is 92.5 Å². The molecule has 0 radical (unpaired) electrons. The van der Waals surface area contributed by atoms with Crippen LogP contribution in [0.5, 0.6) is 0 Å². The highest BCUT2D eigenvalue weighted by Crippen LogP contribution is 2.31. The molecule has 0 heterocycles. The zero-order chi connectivity index (χ0) is 30.5. The minimum Gasteiger partial charge on any atom is -0.444 e. The van der Waals surface area contributed by atoms with E-state index in [2.05, 4.69) is 10.6 Å². The third-order valence-electron chi connectivity index (χ3n) is 7.23. The molecule has 220 valence electrons. The summed E-state index contributed by atoms with van der Waals surface area (Å²) in [5.41, 5.74) is 2.63. The lowest BCUT2D eigenvalue weighted by Crippen LogP contribution is -2.56. The lowest BCUT2D eigenvalue weighted by molar-refractivity contribution is -0.144. The Morgan fingerprint density at radius 2 is 1.56 bits per heavy atom. The number of amides is 3. The molecule has 3 atom stereocenters. The van der Waals surface area contributed by atoms with Gasteiger partial charge in [-0.1, -0.05) is 74.4 Å². The van der Waals surface area contributed by atoms with Gasteiger partial charge in [0.1, 0.15) is 17.7 Å². The van der Waals surface area contributed by atoms with Gasteiger partial charge in [0.25, 0.3) is 5.91 Å². The van der Waals surface area contributed by atoms with Gasteiger partial charge >= 0.3 is 6.09 Å². The van der Waals surface area contributed by atoms with Crippen LogP contribution in [0.2, 0.25) is 0 Å². The average molecular weight is 560 g/mol. The van der Waals surface area contributed by atoms with Crippen molar-refractivity contribution >= 4 is 34.4 Å². The van der Waals surface area contributed by atoms with Crippen LogP contribution in [0.25, 0.3) is 10.8 Å². The molecule has 3 unspecified atom stereocenters. The summed E-state index contributed by atoms with van der Waals surface area (Å²) in [6.07, 6.45) is -0.0149. The maximum absolute atomic E-state index is 14.4. The van der Waals surface area contributed by atoms with Crippen molar-refractivity contribution in [3.05, 3.63) is 77.4 Å². The van der Waals surface area contributed by atoms with Crippen molar-refractivity contribution in [2.75, 3.05) is 5.32 Å². The Bertz CT molecular complexity index is 1390. The fourth-order valence-corrected chi connectivity index (χ4v) is 4.99. The molecule has 7 heteroatoms. The van der Waals surface area contributed by atoms with Crippen LogP contribution in [0, 0.1) is 19.8 Å². The summed E-state index contributed by atoms with van der Waals surface area (Å²) in [5.74, 6) is -0.854. The van der Waals surface area contributed by atoms with Gasteiger partial charge in [-0.05, 0) is 88.4 Å². The number of nitrogens with zero attached hydrogens (tertiary/aromatic N) is 1. The van der Waals surface area contributed by atoms with Gasteiger partial charge in [0, 0.05) is 11.7 Å². The molecule has 2 N–H and O–H groups in total. The number of hydrogen-bond acceptors (Lipinski definition) is 4. The minimum absolute atomic E-state index is 0.195. The summed E-state index contributed by atoms with van der Waals surface area (Å²) in [6, 6.07) is 17.4. The van der Waals surface area contributed by atoms with E-state index in [1.165, 1.54) is 0 Å². The second kappa shape index (κ2) is 13.2. The Morgan fingerprint density at radius 1 is 0.902 bits per heavy atom. The molecule has 3 aromatic carbocycles. The Hall–Kier alpha value is -3.87. The second-order valence-electron chi connectivity index (χ2n) is 12.2. The fraction of sp³-hybridized carbons (Fsp3) is 0.441. The summed E-state index contributed by atoms with van der Waals surface area (Å²) in [4.78, 5) is 43.0. The quantitative estimate of drug-likeness (QED) is 0.288. The highest BCUT2D eigenvalue weighted by molar-refractivity contribution is 6.00. The van der Waals surface area contributed by atoms with Gasteiger partial charge < -0.3 is 20.3 Å². The van der Waals surface area contributed by atoms with Gasteiger partial charge in [-0.15, -0.1) is 0 Å². The summed E-state index contributed by atoms with van der Waals surface area (Å²) in [5, 5.41) is 7.96. The molecule has 3 amide bonds. The Balaban J connectivity index is 2.07. The molecule has 0 aromatic heterocycles. The first-order valence-corrected chi connectivity index (χ1v) is 14.4. The lowest BCUT2D eigenvalue weighted by atomic mass is 9.92. The first-order chi connectivity index (χ1) is 19.2. The maximum atomic E-state index is 14.4. The minimum atomic E-state index is -0.929. The Labute approximate surface area is 244 Å². The first-order valence-electron chi connectivity index (χ1n) is 14.4. The highest BCUT2D eigenvalue weighted by Gasteiger charge is 2.40. The zero-order valence-corrected chi connectivity index (χ0v) is 25.9. The summed E-state index contributed by atoms with van der Waals surface area (Å²) in [6.45, 7) is 16.9. The van der Waals surface area contributed by atoms with Crippen LogP contribution < -0.4 is 10.6 Å². The van der Waals surface area contributed by atoms with E-state index in [0.717, 1.165) is 27.5 Å². The molecule has 0 bridgehead atoms. The van der Waals surface area contributed by atoms with Crippen LogP contribution in [0.1, 0.15) is 77.6 Å². The van der Waals surface area contributed by atoms with Gasteiger partial charge in [0.2, 0.25) is 5.91 Å². The van der Waals surface area contributed by atoms with Crippen LogP contribution in [-0.2, 0) is 14.3 Å². The molecular formula is C34H45N3O4. The van der Waals surface area contributed by atoms with E-state index in [4.69, 9.17) is 4.74 Å². The number of carbonyl (C=O) groups excluding carboxylic acids is 3. The first kappa shape index (κ1) is 31.7. The number of alkyl carbamates (subject to hydrolysis) is 1. The van der Waals surface area contributed by atoms with Crippen molar-refractivity contribution < 1.29 is 19.1 Å².